The zero-order valence-corrected chi connectivity index (χ0v) is 38.5. The van der Waals surface area contributed by atoms with Gasteiger partial charge in [0.15, 0.2) is 12.1 Å². The highest BCUT2D eigenvalue weighted by Gasteiger charge is 2.48. The molecule has 0 aromatic carbocycles. The van der Waals surface area contributed by atoms with Crippen molar-refractivity contribution in [2.45, 2.75) is 177 Å². The van der Waals surface area contributed by atoms with Gasteiger partial charge in [0.05, 0.1) is 86.2 Å². The molecular formula is C49H77NO16. The minimum absolute atomic E-state index is 0.0625. The smallest absolute Gasteiger partial charge is 0.308 e. The Morgan fingerprint density at radius 1 is 0.682 bits per heavy atom. The predicted molar refractivity (Wildman–Crippen MR) is 246 cm³/mol. The number of rotatable bonds is 4. The average Bonchev–Trinajstić information content (AvgIpc) is 3.24. The van der Waals surface area contributed by atoms with E-state index in [4.69, 9.17) is 24.7 Å². The largest absolute Gasteiger partial charge is 0.462 e. The molecule has 3 rings (SSSR count). The van der Waals surface area contributed by atoms with E-state index in [-0.39, 0.29) is 44.6 Å². The number of nitrogens with two attached hydrogens (primary N) is 1. The second-order valence-electron chi connectivity index (χ2n) is 17.9. The highest BCUT2D eigenvalue weighted by molar-refractivity contribution is 5.70. The van der Waals surface area contributed by atoms with Crippen LogP contribution in [0.2, 0.25) is 0 Å². The fourth-order valence-electron chi connectivity index (χ4n) is 8.14. The summed E-state index contributed by atoms with van der Waals surface area (Å²) in [6.45, 7) is 6.48. The van der Waals surface area contributed by atoms with Gasteiger partial charge in [-0.05, 0) is 33.1 Å². The summed E-state index contributed by atoms with van der Waals surface area (Å²) in [6.07, 6.45) is 9.51. The lowest BCUT2D eigenvalue weighted by molar-refractivity contribution is -0.306. The third-order valence-electron chi connectivity index (χ3n) is 12.3. The number of ether oxygens (including phenoxy) is 4. The molecule has 66 heavy (non-hydrogen) atoms. The summed E-state index contributed by atoms with van der Waals surface area (Å²) in [5.41, 5.74) is 6.08. The maximum atomic E-state index is 12.6. The van der Waals surface area contributed by atoms with E-state index < -0.39 is 135 Å². The fraction of sp³-hybridized carbons (Fsp3) is 0.653. The van der Waals surface area contributed by atoms with E-state index >= 15 is 0 Å². The fourth-order valence-corrected chi connectivity index (χ4v) is 8.14. The minimum atomic E-state index is -2.15. The first-order valence-corrected chi connectivity index (χ1v) is 23.0. The SMILES string of the molecule is C[C@@H]1[C@H](O)[C@@H](C)/C=C/C=C/C=C/C=C/C=C/C=C/C=C/[C@H](O[C@@H]2O[C@H](C)[C@@H](O)[C@H](N)[C@@H]2O)C[C@@H]2O[C@](O)(C[C@@H](O)C[C@@H](O)[C@H](O)CC[C@@H](O)C[C@@H](O)CC(=O)O[C@H]1C)C[C@H](O)[C@H]2/C=C/CO. The van der Waals surface area contributed by atoms with Crippen molar-refractivity contribution in [1.82, 2.24) is 0 Å². The maximum absolute atomic E-state index is 12.6. The Kier molecular flexibility index (Phi) is 25.1. The van der Waals surface area contributed by atoms with Crippen LogP contribution < -0.4 is 5.73 Å². The van der Waals surface area contributed by atoms with Crippen molar-refractivity contribution in [3.05, 3.63) is 97.2 Å². The Labute approximate surface area is 388 Å². The highest BCUT2D eigenvalue weighted by Crippen LogP contribution is 2.38. The van der Waals surface area contributed by atoms with Crippen LogP contribution in [0.5, 0.6) is 0 Å². The molecule has 0 amide bonds. The molecule has 0 aliphatic carbocycles. The summed E-state index contributed by atoms with van der Waals surface area (Å²) in [4.78, 5) is 12.6. The van der Waals surface area contributed by atoms with Crippen molar-refractivity contribution in [1.29, 1.82) is 0 Å². The van der Waals surface area contributed by atoms with Crippen LogP contribution in [0.3, 0.4) is 0 Å². The molecule has 0 aromatic heterocycles. The minimum Gasteiger partial charge on any atom is -0.462 e. The van der Waals surface area contributed by atoms with E-state index in [9.17, 15) is 61.0 Å². The number of carbonyl (C=O) groups excluding carboxylic acids is 1. The van der Waals surface area contributed by atoms with Gasteiger partial charge < -0.3 is 80.9 Å². The first kappa shape index (κ1) is 57.1. The van der Waals surface area contributed by atoms with Crippen LogP contribution in [0, 0.1) is 17.8 Å². The maximum Gasteiger partial charge on any atom is 0.308 e. The van der Waals surface area contributed by atoms with Crippen LogP contribution in [0.1, 0.15) is 79.1 Å². The summed E-state index contributed by atoms with van der Waals surface area (Å²) < 4.78 is 23.7. The van der Waals surface area contributed by atoms with E-state index in [1.807, 2.05) is 49.5 Å². The van der Waals surface area contributed by atoms with E-state index in [0.717, 1.165) is 0 Å². The van der Waals surface area contributed by atoms with Crippen LogP contribution in [0.15, 0.2) is 97.2 Å². The lowest BCUT2D eigenvalue weighted by Gasteiger charge is -2.46. The van der Waals surface area contributed by atoms with Crippen LogP contribution in [0.4, 0.5) is 0 Å². The quantitative estimate of drug-likeness (QED) is 0.139. The van der Waals surface area contributed by atoms with E-state index in [2.05, 4.69) is 0 Å². The molecule has 0 saturated carbocycles. The number of hydrogen-bond acceptors (Lipinski definition) is 17. The molecule has 3 heterocycles. The molecule has 17 nitrogen and oxygen atoms in total. The van der Waals surface area contributed by atoms with E-state index in [1.165, 1.54) is 6.08 Å². The first-order chi connectivity index (χ1) is 31.2. The van der Waals surface area contributed by atoms with Crippen LogP contribution in [-0.2, 0) is 23.7 Å². The average molecular weight is 936 g/mol. The number of hydrogen-bond donors (Lipinski definition) is 12. The molecule has 0 spiro atoms. The summed E-state index contributed by atoms with van der Waals surface area (Å²) in [7, 11) is 0. The van der Waals surface area contributed by atoms with Gasteiger partial charge in [-0.15, -0.1) is 0 Å². The zero-order chi connectivity index (χ0) is 49.0. The molecule has 2 fully saturated rings. The van der Waals surface area contributed by atoms with Crippen LogP contribution in [-0.4, -0.2) is 166 Å². The molecule has 0 unspecified atom stereocenters. The van der Waals surface area contributed by atoms with Crippen molar-refractivity contribution < 1.29 is 79.9 Å². The first-order valence-electron chi connectivity index (χ1n) is 23.0. The van der Waals surface area contributed by atoms with Gasteiger partial charge in [-0.25, -0.2) is 0 Å². The van der Waals surface area contributed by atoms with Gasteiger partial charge in [0.25, 0.3) is 0 Å². The third-order valence-corrected chi connectivity index (χ3v) is 12.3. The second kappa shape index (κ2) is 29.0. The number of aliphatic hydroxyl groups is 11. The molecule has 3 aliphatic heterocycles. The molecule has 3 aliphatic rings. The normalized spacial score (nSPS) is 45.2. The van der Waals surface area contributed by atoms with Crippen molar-refractivity contribution >= 4 is 5.97 Å². The third kappa shape index (κ3) is 19.4. The number of carbonyl (C=O) groups is 1. The second-order valence-corrected chi connectivity index (χ2v) is 17.9. The van der Waals surface area contributed by atoms with E-state index in [1.54, 1.807) is 69.4 Å². The summed E-state index contributed by atoms with van der Waals surface area (Å²) >= 11 is 0. The van der Waals surface area contributed by atoms with Crippen LogP contribution >= 0.6 is 0 Å². The van der Waals surface area contributed by atoms with Gasteiger partial charge in [0.1, 0.15) is 12.2 Å². The van der Waals surface area contributed by atoms with Gasteiger partial charge in [-0.1, -0.05) is 111 Å². The number of fused-ring (bicyclic) bond motifs is 2. The Bertz CT molecular complexity index is 1660. The van der Waals surface area contributed by atoms with Crippen molar-refractivity contribution in [3.8, 4) is 0 Å². The molecule has 13 N–H and O–H groups in total. The Morgan fingerprint density at radius 2 is 1.27 bits per heavy atom. The Balaban J connectivity index is 1.87. The van der Waals surface area contributed by atoms with Gasteiger partial charge in [-0.2, -0.15) is 0 Å². The molecular weight excluding hydrogens is 859 g/mol. The monoisotopic (exact) mass is 936 g/mol. The lowest BCUT2D eigenvalue weighted by atomic mass is 9.82. The number of cyclic esters (lactones) is 1. The molecule has 2 saturated heterocycles. The van der Waals surface area contributed by atoms with Crippen LogP contribution in [0.25, 0.3) is 0 Å². The van der Waals surface area contributed by atoms with E-state index in [0.29, 0.717) is 0 Å². The predicted octanol–water partition coefficient (Wildman–Crippen LogP) is 1.18. The van der Waals surface area contributed by atoms with Gasteiger partial charge in [-0.3, -0.25) is 4.79 Å². The topological polar surface area (TPSA) is 303 Å². The summed E-state index contributed by atoms with van der Waals surface area (Å²) in [6, 6.07) is -1.09. The summed E-state index contributed by atoms with van der Waals surface area (Å²) in [5, 5.41) is 118. The molecule has 19 atom stereocenters. The van der Waals surface area contributed by atoms with Crippen molar-refractivity contribution in [3.63, 3.8) is 0 Å². The molecule has 374 valence electrons. The summed E-state index contributed by atoms with van der Waals surface area (Å²) in [5.74, 6) is -4.37. The van der Waals surface area contributed by atoms with Gasteiger partial charge in [0.2, 0.25) is 0 Å². The zero-order valence-electron chi connectivity index (χ0n) is 38.5. The van der Waals surface area contributed by atoms with Gasteiger partial charge >= 0.3 is 5.97 Å². The Morgan fingerprint density at radius 3 is 1.88 bits per heavy atom. The standard InChI is InChI=1S/C49H77NO16/c1-30-18-15-13-11-9-7-5-6-8-10-12-14-16-19-37(65-48-47(61)44(50)46(60)33(4)64-48)27-42-38(20-17-23-51)41(57)29-49(62,66-42)28-36(54)25-40(56)39(55)22-21-34(52)24-35(53)26-43(58)63-32(3)31(2)45(30)59/h5-20,30-42,44-48,51-57,59-62H,21-29,50H2,1-4H3/b6-5+,9-7+,10-8+,13-11+,14-12+,18-15+,19-16+,20-17+/t30-,31-,32-,33+,34+,35+,36-,37-,38+,39+,40+,41-,42-,44-,45+,46+,47-,48-,49+/m0/s1. The number of esters is 1. The molecule has 0 aromatic rings. The molecule has 0 radical (unpaired) electrons. The molecule has 17 heteroatoms. The number of aliphatic hydroxyl groups excluding tert-OH is 10. The Hall–Kier alpha value is -3.21. The van der Waals surface area contributed by atoms with Gasteiger partial charge in [0, 0.05) is 43.4 Å². The van der Waals surface area contributed by atoms with Crippen molar-refractivity contribution in [2.24, 2.45) is 23.5 Å². The molecule has 2 bridgehead atoms. The lowest BCUT2D eigenvalue weighted by Crippen LogP contribution is -2.61. The highest BCUT2D eigenvalue weighted by atomic mass is 16.7. The number of allylic oxidation sites excluding steroid dienone is 12. The van der Waals surface area contributed by atoms with Crippen molar-refractivity contribution in [2.75, 3.05) is 6.61 Å².